The maximum atomic E-state index is 12.0. The molecule has 0 aromatic rings. The van der Waals surface area contributed by atoms with Gasteiger partial charge in [-0.2, -0.15) is 0 Å². The molecule has 1 saturated heterocycles. The first-order valence-electron chi connectivity index (χ1n) is 7.78. The van der Waals surface area contributed by atoms with Gasteiger partial charge in [0.05, 0.1) is 13.1 Å². The van der Waals surface area contributed by atoms with Crippen molar-refractivity contribution in [2.24, 2.45) is 5.92 Å². The van der Waals surface area contributed by atoms with Crippen LogP contribution in [-0.4, -0.2) is 60.1 Å². The first-order valence-corrected chi connectivity index (χ1v) is 7.78. The van der Waals surface area contributed by atoms with E-state index in [9.17, 15) is 9.59 Å². The molecule has 1 rings (SSSR count). The maximum absolute atomic E-state index is 12.0. The van der Waals surface area contributed by atoms with Gasteiger partial charge >= 0.3 is 5.97 Å². The summed E-state index contributed by atoms with van der Waals surface area (Å²) in [5.41, 5.74) is -0.157. The molecular formula is C15H29N3O3. The second kappa shape index (κ2) is 8.34. The molecule has 1 unspecified atom stereocenters. The lowest BCUT2D eigenvalue weighted by Gasteiger charge is -2.33. The minimum absolute atomic E-state index is 0.00166. The van der Waals surface area contributed by atoms with Crippen molar-refractivity contribution in [3.05, 3.63) is 0 Å². The molecule has 1 aliphatic rings. The number of hydrogen-bond donors (Lipinski definition) is 3. The Labute approximate surface area is 127 Å². The fraction of sp³-hybridized carbons (Fsp3) is 0.867. The molecule has 1 heterocycles. The molecular weight excluding hydrogens is 270 g/mol. The zero-order valence-electron chi connectivity index (χ0n) is 13.4. The van der Waals surface area contributed by atoms with Crippen LogP contribution in [0.2, 0.25) is 0 Å². The van der Waals surface area contributed by atoms with E-state index in [1.807, 2.05) is 13.8 Å². The van der Waals surface area contributed by atoms with E-state index in [2.05, 4.69) is 22.5 Å². The molecule has 122 valence electrons. The molecule has 0 aromatic carbocycles. The van der Waals surface area contributed by atoms with Crippen LogP contribution in [0.4, 0.5) is 0 Å². The molecule has 1 aliphatic heterocycles. The number of carboxylic acids is 1. The van der Waals surface area contributed by atoms with Crippen molar-refractivity contribution in [3.63, 3.8) is 0 Å². The van der Waals surface area contributed by atoms with Gasteiger partial charge in [0, 0.05) is 12.1 Å². The summed E-state index contributed by atoms with van der Waals surface area (Å²) in [6, 6.07) is 0. The number of nitrogens with one attached hydrogen (secondary N) is 2. The van der Waals surface area contributed by atoms with Gasteiger partial charge in [-0.15, -0.1) is 0 Å². The lowest BCUT2D eigenvalue weighted by Crippen LogP contribution is -2.49. The number of amides is 1. The summed E-state index contributed by atoms with van der Waals surface area (Å²) in [5.74, 6) is -0.338. The average molecular weight is 299 g/mol. The number of carboxylic acid groups (broad SMARTS) is 1. The van der Waals surface area contributed by atoms with E-state index >= 15 is 0 Å². The zero-order valence-corrected chi connectivity index (χ0v) is 13.4. The van der Waals surface area contributed by atoms with Gasteiger partial charge in [0.25, 0.3) is 0 Å². The van der Waals surface area contributed by atoms with E-state index in [-0.39, 0.29) is 18.0 Å². The van der Waals surface area contributed by atoms with Crippen LogP contribution >= 0.6 is 0 Å². The van der Waals surface area contributed by atoms with Gasteiger partial charge in [0.15, 0.2) is 0 Å². The fourth-order valence-electron chi connectivity index (χ4n) is 2.55. The maximum Gasteiger partial charge on any atom is 0.317 e. The highest BCUT2D eigenvalue weighted by atomic mass is 16.4. The second-order valence-corrected chi connectivity index (χ2v) is 6.55. The monoisotopic (exact) mass is 299 g/mol. The molecule has 0 saturated carbocycles. The molecule has 0 aliphatic carbocycles. The number of carbonyl (C=O) groups is 2. The minimum Gasteiger partial charge on any atom is -0.480 e. The summed E-state index contributed by atoms with van der Waals surface area (Å²) >= 11 is 0. The van der Waals surface area contributed by atoms with Crippen molar-refractivity contribution in [2.45, 2.75) is 45.6 Å². The van der Waals surface area contributed by atoms with Crippen molar-refractivity contribution in [2.75, 3.05) is 32.7 Å². The quantitative estimate of drug-likeness (QED) is 0.614. The molecule has 0 aromatic heterocycles. The van der Waals surface area contributed by atoms with Crippen LogP contribution in [0.5, 0.6) is 0 Å². The Kier molecular flexibility index (Phi) is 7.11. The predicted octanol–water partition coefficient (Wildman–Crippen LogP) is 0.677. The molecule has 21 heavy (non-hydrogen) atoms. The Hall–Kier alpha value is -1.14. The van der Waals surface area contributed by atoms with Gasteiger partial charge in [-0.3, -0.25) is 14.5 Å². The largest absolute Gasteiger partial charge is 0.480 e. The molecule has 6 nitrogen and oxygen atoms in total. The lowest BCUT2D eigenvalue weighted by atomic mass is 9.97. The third-order valence-corrected chi connectivity index (χ3v) is 4.04. The molecule has 0 bridgehead atoms. The second-order valence-electron chi connectivity index (χ2n) is 6.55. The van der Waals surface area contributed by atoms with Gasteiger partial charge in [-0.25, -0.2) is 0 Å². The van der Waals surface area contributed by atoms with Gasteiger partial charge in [-0.1, -0.05) is 6.92 Å². The first kappa shape index (κ1) is 17.9. The molecule has 1 atom stereocenters. The van der Waals surface area contributed by atoms with E-state index in [1.165, 1.54) is 0 Å². The highest BCUT2D eigenvalue weighted by Crippen LogP contribution is 2.15. The smallest absolute Gasteiger partial charge is 0.317 e. The van der Waals surface area contributed by atoms with E-state index in [0.29, 0.717) is 19.0 Å². The van der Waals surface area contributed by atoms with E-state index in [0.717, 1.165) is 32.4 Å². The molecule has 0 radical (unpaired) electrons. The Bertz CT molecular complexity index is 358. The van der Waals surface area contributed by atoms with Crippen LogP contribution in [0.25, 0.3) is 0 Å². The van der Waals surface area contributed by atoms with Gasteiger partial charge in [0.1, 0.15) is 0 Å². The number of nitrogens with zero attached hydrogens (tertiary/aromatic N) is 1. The third-order valence-electron chi connectivity index (χ3n) is 4.04. The summed E-state index contributed by atoms with van der Waals surface area (Å²) in [5, 5.41) is 14.6. The average Bonchev–Trinajstić information content (AvgIpc) is 2.38. The van der Waals surface area contributed by atoms with Crippen molar-refractivity contribution < 1.29 is 14.7 Å². The number of likely N-dealkylation sites (tertiary alicyclic amines) is 1. The van der Waals surface area contributed by atoms with Crippen LogP contribution < -0.4 is 10.6 Å². The standard InChI is InChI=1S/C15H29N3O3/c1-4-15(2,3)17-13(19)11-18-7-5-6-12(10-18)8-16-9-14(20)21/h12,16H,4-11H2,1-3H3,(H,17,19)(H,20,21). The summed E-state index contributed by atoms with van der Waals surface area (Å²) in [6.07, 6.45) is 3.05. The summed E-state index contributed by atoms with van der Waals surface area (Å²) in [7, 11) is 0. The third kappa shape index (κ3) is 7.43. The van der Waals surface area contributed by atoms with Crippen LogP contribution in [-0.2, 0) is 9.59 Å². The highest BCUT2D eigenvalue weighted by molar-refractivity contribution is 5.78. The number of aliphatic carboxylic acids is 1. The molecule has 0 spiro atoms. The lowest BCUT2D eigenvalue weighted by molar-refractivity contribution is -0.136. The van der Waals surface area contributed by atoms with Gasteiger partial charge in [0.2, 0.25) is 5.91 Å². The van der Waals surface area contributed by atoms with Crippen LogP contribution in [0, 0.1) is 5.92 Å². The fourth-order valence-corrected chi connectivity index (χ4v) is 2.55. The van der Waals surface area contributed by atoms with Crippen LogP contribution in [0.3, 0.4) is 0 Å². The zero-order chi connectivity index (χ0) is 15.9. The number of piperidine rings is 1. The van der Waals surface area contributed by atoms with E-state index in [4.69, 9.17) is 5.11 Å². The summed E-state index contributed by atoms with van der Waals surface area (Å²) in [4.78, 5) is 24.7. The Morgan fingerprint density at radius 2 is 2.10 bits per heavy atom. The van der Waals surface area contributed by atoms with Crippen molar-refractivity contribution in [3.8, 4) is 0 Å². The van der Waals surface area contributed by atoms with Crippen molar-refractivity contribution in [1.29, 1.82) is 0 Å². The number of rotatable bonds is 8. The van der Waals surface area contributed by atoms with E-state index in [1.54, 1.807) is 0 Å². The normalized spacial score (nSPS) is 20.2. The Morgan fingerprint density at radius 3 is 2.71 bits per heavy atom. The summed E-state index contributed by atoms with van der Waals surface area (Å²) in [6.45, 7) is 9.04. The van der Waals surface area contributed by atoms with E-state index < -0.39 is 5.97 Å². The van der Waals surface area contributed by atoms with Gasteiger partial charge in [-0.05, 0) is 52.1 Å². The van der Waals surface area contributed by atoms with Crippen LogP contribution in [0.15, 0.2) is 0 Å². The van der Waals surface area contributed by atoms with Crippen LogP contribution in [0.1, 0.15) is 40.0 Å². The predicted molar refractivity (Wildman–Crippen MR) is 82.2 cm³/mol. The van der Waals surface area contributed by atoms with Crippen molar-refractivity contribution >= 4 is 11.9 Å². The SMILES string of the molecule is CCC(C)(C)NC(=O)CN1CCCC(CNCC(=O)O)C1. The van der Waals surface area contributed by atoms with Gasteiger partial charge < -0.3 is 15.7 Å². The number of carbonyl (C=O) groups excluding carboxylic acids is 1. The highest BCUT2D eigenvalue weighted by Gasteiger charge is 2.24. The Morgan fingerprint density at radius 1 is 1.38 bits per heavy atom. The molecule has 1 amide bonds. The minimum atomic E-state index is -0.830. The first-order chi connectivity index (χ1) is 9.82. The number of hydrogen-bond acceptors (Lipinski definition) is 4. The molecule has 6 heteroatoms. The molecule has 1 fully saturated rings. The molecule has 3 N–H and O–H groups in total. The Balaban J connectivity index is 2.32. The van der Waals surface area contributed by atoms with Crippen molar-refractivity contribution in [1.82, 2.24) is 15.5 Å². The topological polar surface area (TPSA) is 81.7 Å². The summed E-state index contributed by atoms with van der Waals surface area (Å²) < 4.78 is 0.